The highest BCUT2D eigenvalue weighted by atomic mass is 16.5. The maximum atomic E-state index is 13.0. The molecule has 1 heterocycles. The van der Waals surface area contributed by atoms with Gasteiger partial charge in [-0.1, -0.05) is 50.1 Å². The molecule has 2 aromatic rings. The molecule has 1 saturated carbocycles. The number of benzene rings is 1. The van der Waals surface area contributed by atoms with Gasteiger partial charge in [0, 0.05) is 12.1 Å². The lowest BCUT2D eigenvalue weighted by Crippen LogP contribution is -2.56. The average Bonchev–Trinajstić information content (AvgIpc) is 3.30. The van der Waals surface area contributed by atoms with E-state index in [2.05, 4.69) is 22.5 Å². The highest BCUT2D eigenvalue weighted by Gasteiger charge is 2.29. The normalized spacial score (nSPS) is 18.7. The Morgan fingerprint density at radius 2 is 1.86 bits per heavy atom. The summed E-state index contributed by atoms with van der Waals surface area (Å²) in [5, 5.41) is 5.39. The molecule has 0 aliphatic heterocycles. The first-order chi connectivity index (χ1) is 17.7. The molecular weight excluding hydrogens is 470 g/mol. The van der Waals surface area contributed by atoms with E-state index in [4.69, 9.17) is 10.5 Å². The van der Waals surface area contributed by atoms with Gasteiger partial charge in [0.1, 0.15) is 6.04 Å². The molecule has 1 aromatic heterocycles. The van der Waals surface area contributed by atoms with Crippen LogP contribution in [0.25, 0.3) is 0 Å². The average molecular weight is 512 g/mol. The fourth-order valence-electron chi connectivity index (χ4n) is 4.61. The Hall–Kier alpha value is -3.04. The number of hydrogen-bond donors (Lipinski definition) is 3. The molecule has 0 spiro atoms. The van der Waals surface area contributed by atoms with E-state index in [1.807, 2.05) is 30.3 Å². The number of rotatable bonds is 13. The highest BCUT2D eigenvalue weighted by Crippen LogP contribution is 2.32. The summed E-state index contributed by atoms with van der Waals surface area (Å²) in [5.74, 6) is 0.402. The molecule has 1 aromatic carbocycles. The van der Waals surface area contributed by atoms with E-state index in [1.165, 1.54) is 12.8 Å². The topological polar surface area (TPSA) is 128 Å². The molecule has 1 fully saturated rings. The van der Waals surface area contributed by atoms with Gasteiger partial charge in [0.05, 0.1) is 31.6 Å². The summed E-state index contributed by atoms with van der Waals surface area (Å²) in [6, 6.07) is 8.58. The predicted molar refractivity (Wildman–Crippen MR) is 143 cm³/mol. The monoisotopic (exact) mass is 511 g/mol. The molecule has 202 valence electrons. The Bertz CT molecular complexity index is 1020. The van der Waals surface area contributed by atoms with Crippen LogP contribution >= 0.6 is 0 Å². The van der Waals surface area contributed by atoms with E-state index in [9.17, 15) is 14.4 Å². The number of ether oxygens (including phenoxy) is 1. The second-order valence-electron chi connectivity index (χ2n) is 10.6. The number of carbonyl (C=O) groups excluding carboxylic acids is 3. The van der Waals surface area contributed by atoms with Gasteiger partial charge in [-0.2, -0.15) is 0 Å². The van der Waals surface area contributed by atoms with Crippen molar-refractivity contribution in [1.29, 1.82) is 0 Å². The molecule has 0 unspecified atom stereocenters. The molecule has 37 heavy (non-hydrogen) atoms. The molecule has 2 amide bonds. The Kier molecular flexibility index (Phi) is 10.4. The minimum absolute atomic E-state index is 0.0392. The summed E-state index contributed by atoms with van der Waals surface area (Å²) in [4.78, 5) is 42.5. The number of carbonyl (C=O) groups is 3. The largest absolute Gasteiger partial charge is 0.374 e. The summed E-state index contributed by atoms with van der Waals surface area (Å²) >= 11 is 0. The molecule has 9 nitrogen and oxygen atoms in total. The molecule has 4 N–H and O–H groups in total. The van der Waals surface area contributed by atoms with Crippen molar-refractivity contribution >= 4 is 23.4 Å². The lowest BCUT2D eigenvalue weighted by atomic mass is 9.78. The number of amides is 2. The minimum Gasteiger partial charge on any atom is -0.374 e. The molecule has 1 aliphatic carbocycles. The number of anilines is 1. The molecule has 0 radical (unpaired) electrons. The van der Waals surface area contributed by atoms with Crippen LogP contribution in [0.1, 0.15) is 64.9 Å². The lowest BCUT2D eigenvalue weighted by Gasteiger charge is -2.27. The quantitative estimate of drug-likeness (QED) is 0.378. The van der Waals surface area contributed by atoms with Crippen LogP contribution in [-0.4, -0.2) is 45.3 Å². The second kappa shape index (κ2) is 13.5. The summed E-state index contributed by atoms with van der Waals surface area (Å²) in [6.07, 6.45) is 9.75. The summed E-state index contributed by atoms with van der Waals surface area (Å²) in [6.45, 7) is 5.83. The Morgan fingerprint density at radius 3 is 2.51 bits per heavy atom. The van der Waals surface area contributed by atoms with Crippen molar-refractivity contribution in [2.24, 2.45) is 17.6 Å². The van der Waals surface area contributed by atoms with Crippen molar-refractivity contribution in [3.05, 3.63) is 48.4 Å². The first kappa shape index (κ1) is 28.5. The summed E-state index contributed by atoms with van der Waals surface area (Å²) in [5.41, 5.74) is 5.70. The molecule has 0 saturated heterocycles. The SMILES string of the molecule is CCCC1CCC(C(=O)Cn2cnc(NC(=O)[C@@H](COCc3ccccc3)NC(=O)C(C)(C)N)c2)CC1. The molecule has 1 atom stereocenters. The first-order valence-corrected chi connectivity index (χ1v) is 13.2. The van der Waals surface area contributed by atoms with Crippen molar-refractivity contribution < 1.29 is 19.1 Å². The number of nitrogens with one attached hydrogen (secondary N) is 2. The van der Waals surface area contributed by atoms with Gasteiger partial charge in [-0.3, -0.25) is 14.4 Å². The first-order valence-electron chi connectivity index (χ1n) is 13.2. The number of hydrogen-bond acceptors (Lipinski definition) is 6. The highest BCUT2D eigenvalue weighted by molar-refractivity contribution is 5.98. The third-order valence-electron chi connectivity index (χ3n) is 6.83. The summed E-state index contributed by atoms with van der Waals surface area (Å²) < 4.78 is 7.41. The van der Waals surface area contributed by atoms with Crippen LogP contribution in [0.2, 0.25) is 0 Å². The van der Waals surface area contributed by atoms with Crippen LogP contribution < -0.4 is 16.4 Å². The molecule has 1 aliphatic rings. The van der Waals surface area contributed by atoms with Gasteiger partial charge in [0.15, 0.2) is 11.6 Å². The van der Waals surface area contributed by atoms with Gasteiger partial charge >= 0.3 is 0 Å². The van der Waals surface area contributed by atoms with E-state index in [1.54, 1.807) is 30.9 Å². The van der Waals surface area contributed by atoms with Crippen LogP contribution in [0.3, 0.4) is 0 Å². The smallest absolute Gasteiger partial charge is 0.250 e. The number of nitrogens with zero attached hydrogens (tertiary/aromatic N) is 2. The van der Waals surface area contributed by atoms with Crippen LogP contribution in [0.15, 0.2) is 42.9 Å². The molecule has 3 rings (SSSR count). The molecule has 0 bridgehead atoms. The van der Waals surface area contributed by atoms with Crippen molar-refractivity contribution in [2.75, 3.05) is 11.9 Å². The van der Waals surface area contributed by atoms with Gasteiger partial charge in [-0.15, -0.1) is 0 Å². The maximum absolute atomic E-state index is 13.0. The number of imidazole rings is 1. The number of Topliss-reactive ketones (excluding diaryl/α,β-unsaturated/α-hetero) is 1. The van der Waals surface area contributed by atoms with E-state index in [-0.39, 0.29) is 24.9 Å². The number of ketones is 1. The van der Waals surface area contributed by atoms with Crippen LogP contribution in [0, 0.1) is 11.8 Å². The van der Waals surface area contributed by atoms with E-state index < -0.39 is 23.4 Å². The van der Waals surface area contributed by atoms with Gasteiger partial charge in [0.25, 0.3) is 5.91 Å². The van der Waals surface area contributed by atoms with Crippen molar-refractivity contribution in [3.8, 4) is 0 Å². The third kappa shape index (κ3) is 9.09. The van der Waals surface area contributed by atoms with Crippen molar-refractivity contribution in [2.45, 2.75) is 84.0 Å². The minimum atomic E-state index is -1.16. The van der Waals surface area contributed by atoms with E-state index in [0.717, 1.165) is 37.2 Å². The zero-order valence-electron chi connectivity index (χ0n) is 22.2. The molecular formula is C28H41N5O4. The zero-order chi connectivity index (χ0) is 26.8. The standard InChI is InChI=1S/C28H41N5O4/c1-4-8-20-11-13-22(14-12-20)24(34)15-33-16-25(30-19-33)32-26(35)23(31-27(36)28(2,3)29)18-37-17-21-9-6-5-7-10-21/h5-7,9-10,16,19-20,22-23H,4,8,11-15,17-18,29H2,1-3H3,(H,31,36)(H,32,35)/t20?,22?,23-/m1/s1. The van der Waals surface area contributed by atoms with Gasteiger partial charge in [0.2, 0.25) is 5.91 Å². The number of aromatic nitrogens is 2. The predicted octanol–water partition coefficient (Wildman–Crippen LogP) is 3.44. The van der Waals surface area contributed by atoms with Crippen LogP contribution in [0.5, 0.6) is 0 Å². The van der Waals surface area contributed by atoms with Crippen molar-refractivity contribution in [1.82, 2.24) is 14.9 Å². The van der Waals surface area contributed by atoms with Crippen LogP contribution in [0.4, 0.5) is 5.82 Å². The van der Waals surface area contributed by atoms with Gasteiger partial charge in [-0.05, 0) is 51.0 Å². The molecule has 9 heteroatoms. The van der Waals surface area contributed by atoms with E-state index in [0.29, 0.717) is 12.4 Å². The zero-order valence-corrected chi connectivity index (χ0v) is 22.2. The van der Waals surface area contributed by atoms with Crippen molar-refractivity contribution in [3.63, 3.8) is 0 Å². The third-order valence-corrected chi connectivity index (χ3v) is 6.83. The Labute approximate surface area is 219 Å². The lowest BCUT2D eigenvalue weighted by molar-refractivity contribution is -0.130. The Morgan fingerprint density at radius 1 is 1.16 bits per heavy atom. The second-order valence-corrected chi connectivity index (χ2v) is 10.6. The van der Waals surface area contributed by atoms with Crippen LogP contribution in [-0.2, 0) is 32.3 Å². The Balaban J connectivity index is 1.55. The van der Waals surface area contributed by atoms with E-state index >= 15 is 0 Å². The van der Waals surface area contributed by atoms with Gasteiger partial charge in [-0.25, -0.2) is 4.98 Å². The fraction of sp³-hybridized carbons (Fsp3) is 0.571. The summed E-state index contributed by atoms with van der Waals surface area (Å²) in [7, 11) is 0. The fourth-order valence-corrected chi connectivity index (χ4v) is 4.61. The maximum Gasteiger partial charge on any atom is 0.250 e. The number of nitrogens with two attached hydrogens (primary N) is 1. The van der Waals surface area contributed by atoms with Gasteiger partial charge < -0.3 is 25.7 Å².